The normalized spacial score (nSPS) is 10.9. The molecule has 0 aliphatic rings. The first-order valence-electron chi connectivity index (χ1n) is 9.15. The molecule has 0 aliphatic carbocycles. The van der Waals surface area contributed by atoms with Crippen molar-refractivity contribution in [1.82, 2.24) is 29.7 Å². The molecule has 9 nitrogen and oxygen atoms in total. The van der Waals surface area contributed by atoms with Crippen LogP contribution >= 0.6 is 0 Å². The summed E-state index contributed by atoms with van der Waals surface area (Å²) in [6, 6.07) is 12.9. The maximum absolute atomic E-state index is 12.7. The van der Waals surface area contributed by atoms with Crippen LogP contribution in [-0.4, -0.2) is 61.8 Å². The van der Waals surface area contributed by atoms with E-state index in [2.05, 4.69) is 25.6 Å². The minimum Gasteiger partial charge on any atom is -0.339 e. The summed E-state index contributed by atoms with van der Waals surface area (Å²) in [7, 11) is 1.46. The zero-order valence-corrected chi connectivity index (χ0v) is 16.0. The SMILES string of the molecule is CN(CCF)C(=O)c1cn[nH]c1C(=O)Nc1ccn2nc(-c3ccccc3)nc2c1. The lowest BCUT2D eigenvalue weighted by atomic mass is 10.2. The van der Waals surface area contributed by atoms with Crippen molar-refractivity contribution in [2.45, 2.75) is 0 Å². The van der Waals surface area contributed by atoms with Crippen LogP contribution in [0.2, 0.25) is 0 Å². The molecule has 1 aromatic carbocycles. The molecule has 0 spiro atoms. The van der Waals surface area contributed by atoms with E-state index in [0.717, 1.165) is 5.56 Å². The summed E-state index contributed by atoms with van der Waals surface area (Å²) in [5, 5.41) is 13.5. The fourth-order valence-corrected chi connectivity index (χ4v) is 2.92. The Labute approximate surface area is 170 Å². The molecule has 0 unspecified atom stereocenters. The highest BCUT2D eigenvalue weighted by molar-refractivity contribution is 6.10. The number of aromatic nitrogens is 5. The zero-order valence-electron chi connectivity index (χ0n) is 16.0. The van der Waals surface area contributed by atoms with E-state index in [1.807, 2.05) is 30.3 Å². The molecule has 0 fully saturated rings. The average Bonchev–Trinajstić information content (AvgIpc) is 3.41. The number of carbonyl (C=O) groups is 2. The Morgan fingerprint density at radius 2 is 2.03 bits per heavy atom. The molecule has 0 aliphatic heterocycles. The van der Waals surface area contributed by atoms with Crippen molar-refractivity contribution in [3.05, 3.63) is 66.1 Å². The average molecular weight is 407 g/mol. The van der Waals surface area contributed by atoms with Crippen LogP contribution in [0.15, 0.2) is 54.9 Å². The Morgan fingerprint density at radius 3 is 2.80 bits per heavy atom. The van der Waals surface area contributed by atoms with Gasteiger partial charge in [-0.25, -0.2) is 13.9 Å². The number of amides is 2. The van der Waals surface area contributed by atoms with E-state index in [0.29, 0.717) is 17.2 Å². The van der Waals surface area contributed by atoms with Gasteiger partial charge >= 0.3 is 0 Å². The standard InChI is InChI=1S/C20H18FN7O2/c1-27(10-8-21)20(30)15-12-22-25-17(15)19(29)23-14-7-9-28-16(11-14)24-18(26-28)13-5-3-2-4-6-13/h2-7,9,11-12H,8,10H2,1H3,(H,22,25)(H,23,29). The number of nitrogens with zero attached hydrogens (tertiary/aromatic N) is 5. The number of aromatic amines is 1. The lowest BCUT2D eigenvalue weighted by Gasteiger charge is -2.14. The molecule has 4 rings (SSSR count). The summed E-state index contributed by atoms with van der Waals surface area (Å²) >= 11 is 0. The van der Waals surface area contributed by atoms with Crippen LogP contribution in [-0.2, 0) is 0 Å². The highest BCUT2D eigenvalue weighted by atomic mass is 19.1. The number of carbonyl (C=O) groups excluding carboxylic acids is 2. The Morgan fingerprint density at radius 1 is 1.23 bits per heavy atom. The van der Waals surface area contributed by atoms with Crippen molar-refractivity contribution in [3.8, 4) is 11.4 Å². The van der Waals surface area contributed by atoms with Crippen molar-refractivity contribution >= 4 is 23.1 Å². The van der Waals surface area contributed by atoms with Gasteiger partial charge in [-0.1, -0.05) is 30.3 Å². The largest absolute Gasteiger partial charge is 0.339 e. The number of hydrogen-bond acceptors (Lipinski definition) is 5. The van der Waals surface area contributed by atoms with Crippen molar-refractivity contribution in [3.63, 3.8) is 0 Å². The van der Waals surface area contributed by atoms with Crippen LogP contribution < -0.4 is 5.32 Å². The summed E-state index contributed by atoms with van der Waals surface area (Å²) < 4.78 is 14.1. The lowest BCUT2D eigenvalue weighted by molar-refractivity contribution is 0.0781. The minimum absolute atomic E-state index is 0.00276. The first-order valence-corrected chi connectivity index (χ1v) is 9.15. The highest BCUT2D eigenvalue weighted by Crippen LogP contribution is 2.18. The van der Waals surface area contributed by atoms with E-state index >= 15 is 0 Å². The van der Waals surface area contributed by atoms with E-state index in [1.165, 1.54) is 18.1 Å². The lowest BCUT2D eigenvalue weighted by Crippen LogP contribution is -2.30. The Hall–Kier alpha value is -4.08. The molecule has 3 heterocycles. The number of anilines is 1. The first-order chi connectivity index (χ1) is 14.6. The first kappa shape index (κ1) is 19.2. The van der Waals surface area contributed by atoms with Crippen molar-refractivity contribution in [2.75, 3.05) is 25.6 Å². The summed E-state index contributed by atoms with van der Waals surface area (Å²) in [5.41, 5.74) is 1.97. The quantitative estimate of drug-likeness (QED) is 0.510. The van der Waals surface area contributed by atoms with Gasteiger partial charge in [-0.15, -0.1) is 5.10 Å². The number of H-pyrrole nitrogens is 1. The van der Waals surface area contributed by atoms with Gasteiger partial charge in [0.05, 0.1) is 11.8 Å². The van der Waals surface area contributed by atoms with Gasteiger partial charge < -0.3 is 10.2 Å². The molecular weight excluding hydrogens is 389 g/mol. The van der Waals surface area contributed by atoms with Crippen molar-refractivity contribution < 1.29 is 14.0 Å². The molecule has 30 heavy (non-hydrogen) atoms. The smallest absolute Gasteiger partial charge is 0.274 e. The van der Waals surface area contributed by atoms with Gasteiger partial charge in [0.1, 0.15) is 12.4 Å². The van der Waals surface area contributed by atoms with E-state index in [-0.39, 0.29) is 17.8 Å². The Kier molecular flexibility index (Phi) is 5.21. The fourth-order valence-electron chi connectivity index (χ4n) is 2.92. The van der Waals surface area contributed by atoms with E-state index in [9.17, 15) is 14.0 Å². The number of nitrogens with one attached hydrogen (secondary N) is 2. The minimum atomic E-state index is -0.676. The predicted octanol–water partition coefficient (Wildman–Crippen LogP) is 2.41. The summed E-state index contributed by atoms with van der Waals surface area (Å²) in [6.45, 7) is -0.747. The molecule has 4 aromatic rings. The third kappa shape index (κ3) is 3.75. The number of alkyl halides is 1. The molecule has 0 atom stereocenters. The van der Waals surface area contributed by atoms with Gasteiger partial charge in [0.25, 0.3) is 11.8 Å². The summed E-state index contributed by atoms with van der Waals surface area (Å²) in [5.74, 6) is -0.472. The van der Waals surface area contributed by atoms with Gasteiger partial charge in [0, 0.05) is 37.1 Å². The van der Waals surface area contributed by atoms with E-state index in [4.69, 9.17) is 0 Å². The number of benzene rings is 1. The Balaban J connectivity index is 1.56. The predicted molar refractivity (Wildman–Crippen MR) is 108 cm³/mol. The fraction of sp³-hybridized carbons (Fsp3) is 0.150. The monoisotopic (exact) mass is 407 g/mol. The molecule has 10 heteroatoms. The van der Waals surface area contributed by atoms with Crippen molar-refractivity contribution in [1.29, 1.82) is 0 Å². The van der Waals surface area contributed by atoms with Crippen LogP contribution in [0.5, 0.6) is 0 Å². The van der Waals surface area contributed by atoms with Gasteiger partial charge in [-0.05, 0) is 6.07 Å². The second kappa shape index (κ2) is 8.11. The molecule has 0 saturated carbocycles. The second-order valence-electron chi connectivity index (χ2n) is 6.55. The van der Waals surface area contributed by atoms with Crippen LogP contribution in [0.3, 0.4) is 0 Å². The number of rotatable bonds is 6. The zero-order chi connectivity index (χ0) is 21.1. The maximum atomic E-state index is 12.7. The molecule has 2 N–H and O–H groups in total. The summed E-state index contributed by atoms with van der Waals surface area (Å²) in [4.78, 5) is 30.7. The van der Waals surface area contributed by atoms with Crippen LogP contribution in [0.4, 0.5) is 10.1 Å². The second-order valence-corrected chi connectivity index (χ2v) is 6.55. The van der Waals surface area contributed by atoms with Crippen molar-refractivity contribution in [2.24, 2.45) is 0 Å². The molecule has 3 aromatic heterocycles. The number of fused-ring (bicyclic) bond motifs is 1. The third-order valence-electron chi connectivity index (χ3n) is 4.49. The highest BCUT2D eigenvalue weighted by Gasteiger charge is 2.22. The maximum Gasteiger partial charge on any atom is 0.274 e. The third-order valence-corrected chi connectivity index (χ3v) is 4.49. The molecular formula is C20H18FN7O2. The van der Waals surface area contributed by atoms with Crippen LogP contribution in [0.25, 0.3) is 17.0 Å². The number of halogens is 1. The molecule has 0 radical (unpaired) electrons. The van der Waals surface area contributed by atoms with Crippen LogP contribution in [0.1, 0.15) is 20.8 Å². The molecule has 152 valence electrons. The van der Waals surface area contributed by atoms with Crippen LogP contribution in [0, 0.1) is 0 Å². The Bertz CT molecular complexity index is 1200. The number of hydrogen-bond donors (Lipinski definition) is 2. The molecule has 2 amide bonds. The van der Waals surface area contributed by atoms with Gasteiger partial charge in [-0.2, -0.15) is 5.10 Å². The van der Waals surface area contributed by atoms with E-state index in [1.54, 1.807) is 22.8 Å². The number of pyridine rings is 1. The van der Waals surface area contributed by atoms with Gasteiger partial charge in [-0.3, -0.25) is 14.7 Å². The molecule has 0 saturated heterocycles. The topological polar surface area (TPSA) is 108 Å². The summed E-state index contributed by atoms with van der Waals surface area (Å²) in [6.07, 6.45) is 2.93. The van der Waals surface area contributed by atoms with Gasteiger partial charge in [0.15, 0.2) is 11.5 Å². The van der Waals surface area contributed by atoms with E-state index < -0.39 is 18.5 Å². The van der Waals surface area contributed by atoms with Gasteiger partial charge in [0.2, 0.25) is 0 Å². The molecule has 0 bridgehead atoms.